The Bertz CT molecular complexity index is 494. The van der Waals surface area contributed by atoms with Gasteiger partial charge in [0, 0.05) is 29.8 Å². The first-order valence-electron chi connectivity index (χ1n) is 8.10. The van der Waals surface area contributed by atoms with Crippen molar-refractivity contribution in [3.63, 3.8) is 0 Å². The zero-order chi connectivity index (χ0) is 14.9. The van der Waals surface area contributed by atoms with E-state index >= 15 is 0 Å². The van der Waals surface area contributed by atoms with E-state index in [1.807, 2.05) is 0 Å². The molecule has 116 valence electrons. The van der Waals surface area contributed by atoms with Gasteiger partial charge in [0.25, 0.3) is 0 Å². The summed E-state index contributed by atoms with van der Waals surface area (Å²) in [5.41, 5.74) is 1.01. The predicted octanol–water partition coefficient (Wildman–Crippen LogP) is 3.33. The molecule has 1 fully saturated rings. The van der Waals surface area contributed by atoms with Gasteiger partial charge in [0.1, 0.15) is 0 Å². The van der Waals surface area contributed by atoms with Crippen LogP contribution in [0.25, 0.3) is 0 Å². The Balaban J connectivity index is 1.73. The first-order chi connectivity index (χ1) is 10.1. The highest BCUT2D eigenvalue weighted by molar-refractivity contribution is 7.15. The summed E-state index contributed by atoms with van der Waals surface area (Å²) in [4.78, 5) is 18.7. The van der Waals surface area contributed by atoms with Gasteiger partial charge < -0.3 is 10.6 Å². The maximum absolute atomic E-state index is 12.8. The lowest BCUT2D eigenvalue weighted by atomic mass is 9.78. The molecular formula is C16H25N3OS. The second-order valence-corrected chi connectivity index (χ2v) is 7.94. The fraction of sp³-hybridized carbons (Fsp3) is 0.750. The molecule has 1 aromatic heterocycles. The zero-order valence-corrected chi connectivity index (χ0v) is 13.8. The molecule has 5 heteroatoms. The van der Waals surface area contributed by atoms with Crippen LogP contribution in [-0.4, -0.2) is 17.4 Å². The molecule has 0 saturated heterocycles. The molecule has 2 heterocycles. The molecule has 0 unspecified atom stereocenters. The third kappa shape index (κ3) is 3.14. The fourth-order valence-electron chi connectivity index (χ4n) is 3.77. The zero-order valence-electron chi connectivity index (χ0n) is 13.0. The lowest BCUT2D eigenvalue weighted by Gasteiger charge is -2.28. The Labute approximate surface area is 130 Å². The number of rotatable bonds is 4. The number of nitrogens with zero attached hydrogens (tertiary/aromatic N) is 1. The van der Waals surface area contributed by atoms with Gasteiger partial charge in [0.05, 0.1) is 5.69 Å². The lowest BCUT2D eigenvalue weighted by Crippen LogP contribution is -2.35. The van der Waals surface area contributed by atoms with Crippen molar-refractivity contribution in [1.29, 1.82) is 0 Å². The van der Waals surface area contributed by atoms with Gasteiger partial charge in [-0.25, -0.2) is 4.98 Å². The van der Waals surface area contributed by atoms with Gasteiger partial charge in [0.15, 0.2) is 5.13 Å². The number of aromatic nitrogens is 1. The van der Waals surface area contributed by atoms with Crippen LogP contribution in [0.4, 0.5) is 5.13 Å². The van der Waals surface area contributed by atoms with Gasteiger partial charge in [-0.05, 0) is 25.2 Å². The third-order valence-corrected chi connectivity index (χ3v) is 5.68. The summed E-state index contributed by atoms with van der Waals surface area (Å²) in [6.45, 7) is 6.30. The molecule has 0 bridgehead atoms. The molecule has 1 aliphatic heterocycles. The number of hydrogen-bond acceptors (Lipinski definition) is 4. The number of anilines is 1. The summed E-state index contributed by atoms with van der Waals surface area (Å²) in [6, 6.07) is 0. The molecule has 0 atom stereocenters. The van der Waals surface area contributed by atoms with Crippen molar-refractivity contribution in [3.05, 3.63) is 10.6 Å². The van der Waals surface area contributed by atoms with E-state index in [4.69, 9.17) is 0 Å². The molecule has 4 nitrogen and oxygen atoms in total. The van der Waals surface area contributed by atoms with E-state index in [2.05, 4.69) is 29.5 Å². The van der Waals surface area contributed by atoms with Crippen molar-refractivity contribution >= 4 is 22.4 Å². The molecule has 21 heavy (non-hydrogen) atoms. The van der Waals surface area contributed by atoms with Crippen molar-refractivity contribution in [2.45, 2.75) is 58.9 Å². The Morgan fingerprint density at radius 1 is 1.43 bits per heavy atom. The standard InChI is InChI=1S/C16H25N3OS/c1-11(2)9-16(6-3-4-7-16)14(20)19-15-18-12-5-8-17-10-13(12)21-15/h11,17H,3-10H2,1-2H3,(H,18,19,20). The summed E-state index contributed by atoms with van der Waals surface area (Å²) in [5, 5.41) is 7.28. The Hall–Kier alpha value is -0.940. The van der Waals surface area contributed by atoms with Crippen LogP contribution in [0.15, 0.2) is 0 Å². The second kappa shape index (κ2) is 6.05. The molecule has 0 spiro atoms. The second-order valence-electron chi connectivity index (χ2n) is 6.86. The van der Waals surface area contributed by atoms with E-state index < -0.39 is 0 Å². The van der Waals surface area contributed by atoms with E-state index in [0.29, 0.717) is 5.92 Å². The van der Waals surface area contributed by atoms with E-state index in [1.165, 1.54) is 23.4 Å². The quantitative estimate of drug-likeness (QED) is 0.897. The highest BCUT2D eigenvalue weighted by Crippen LogP contribution is 2.44. The third-order valence-electron chi connectivity index (χ3n) is 4.66. The molecule has 1 aliphatic carbocycles. The summed E-state index contributed by atoms with van der Waals surface area (Å²) >= 11 is 1.63. The van der Waals surface area contributed by atoms with Crippen LogP contribution in [0.1, 0.15) is 56.5 Å². The van der Waals surface area contributed by atoms with Crippen molar-refractivity contribution in [2.24, 2.45) is 11.3 Å². The maximum atomic E-state index is 12.8. The van der Waals surface area contributed by atoms with Crippen LogP contribution < -0.4 is 10.6 Å². The average molecular weight is 307 g/mol. The predicted molar refractivity (Wildman–Crippen MR) is 86.5 cm³/mol. The van der Waals surface area contributed by atoms with Crippen molar-refractivity contribution < 1.29 is 4.79 Å². The maximum Gasteiger partial charge on any atom is 0.232 e. The molecule has 2 N–H and O–H groups in total. The minimum absolute atomic E-state index is 0.154. The summed E-state index contributed by atoms with van der Waals surface area (Å²) in [6.07, 6.45) is 6.38. The molecular weight excluding hydrogens is 282 g/mol. The molecule has 0 aromatic carbocycles. The number of fused-ring (bicyclic) bond motifs is 1. The summed E-state index contributed by atoms with van der Waals surface area (Å²) in [5.74, 6) is 0.760. The number of thiazole rings is 1. The topological polar surface area (TPSA) is 54.0 Å². The number of nitrogens with one attached hydrogen (secondary N) is 2. The van der Waals surface area contributed by atoms with Gasteiger partial charge in [-0.3, -0.25) is 4.79 Å². The lowest BCUT2D eigenvalue weighted by molar-refractivity contribution is -0.126. The Morgan fingerprint density at radius 2 is 2.19 bits per heavy atom. The Morgan fingerprint density at radius 3 is 2.86 bits per heavy atom. The van der Waals surface area contributed by atoms with Crippen molar-refractivity contribution in [1.82, 2.24) is 10.3 Å². The minimum Gasteiger partial charge on any atom is -0.311 e. The molecule has 0 radical (unpaired) electrons. The number of hydrogen-bond donors (Lipinski definition) is 2. The van der Waals surface area contributed by atoms with Crippen molar-refractivity contribution in [2.75, 3.05) is 11.9 Å². The first kappa shape index (κ1) is 15.0. The summed E-state index contributed by atoms with van der Waals surface area (Å²) < 4.78 is 0. The van der Waals surface area contributed by atoms with Crippen molar-refractivity contribution in [3.8, 4) is 0 Å². The van der Waals surface area contributed by atoms with E-state index in [-0.39, 0.29) is 11.3 Å². The highest BCUT2D eigenvalue weighted by Gasteiger charge is 2.41. The highest BCUT2D eigenvalue weighted by atomic mass is 32.1. The van der Waals surface area contributed by atoms with Crippen LogP contribution in [0.5, 0.6) is 0 Å². The van der Waals surface area contributed by atoms with Crippen LogP contribution in [-0.2, 0) is 17.8 Å². The SMILES string of the molecule is CC(C)CC1(C(=O)Nc2nc3c(s2)CNCC3)CCCC1. The minimum atomic E-state index is -0.154. The molecule has 1 aromatic rings. The van der Waals surface area contributed by atoms with Crippen LogP contribution >= 0.6 is 11.3 Å². The van der Waals surface area contributed by atoms with Gasteiger partial charge >= 0.3 is 0 Å². The number of carbonyl (C=O) groups is 1. The first-order valence-corrected chi connectivity index (χ1v) is 8.91. The number of amides is 1. The van der Waals surface area contributed by atoms with E-state index in [0.717, 1.165) is 43.9 Å². The number of carbonyl (C=O) groups excluding carboxylic acids is 1. The molecule has 3 rings (SSSR count). The molecule has 1 amide bonds. The van der Waals surface area contributed by atoms with E-state index in [9.17, 15) is 4.79 Å². The molecule has 1 saturated carbocycles. The normalized spacial score (nSPS) is 20.5. The molecule has 2 aliphatic rings. The largest absolute Gasteiger partial charge is 0.311 e. The van der Waals surface area contributed by atoms with Gasteiger partial charge in [-0.1, -0.05) is 26.7 Å². The van der Waals surface area contributed by atoms with Crippen LogP contribution in [0.3, 0.4) is 0 Å². The van der Waals surface area contributed by atoms with Crippen LogP contribution in [0.2, 0.25) is 0 Å². The van der Waals surface area contributed by atoms with Crippen LogP contribution in [0, 0.1) is 11.3 Å². The smallest absolute Gasteiger partial charge is 0.232 e. The fourth-order valence-corrected chi connectivity index (χ4v) is 4.74. The summed E-state index contributed by atoms with van der Waals surface area (Å²) in [7, 11) is 0. The van der Waals surface area contributed by atoms with E-state index in [1.54, 1.807) is 11.3 Å². The monoisotopic (exact) mass is 307 g/mol. The average Bonchev–Trinajstić information content (AvgIpc) is 3.04. The van der Waals surface area contributed by atoms with Gasteiger partial charge in [-0.2, -0.15) is 0 Å². The van der Waals surface area contributed by atoms with Gasteiger partial charge in [-0.15, -0.1) is 11.3 Å². The Kier molecular flexibility index (Phi) is 4.31. The van der Waals surface area contributed by atoms with Gasteiger partial charge in [0.2, 0.25) is 5.91 Å².